The van der Waals surface area contributed by atoms with Crippen LogP contribution >= 0.6 is 15.9 Å². The summed E-state index contributed by atoms with van der Waals surface area (Å²) in [6.45, 7) is 2.87. The molecule has 2 amide bonds. The summed E-state index contributed by atoms with van der Waals surface area (Å²) >= 11 is 3.37. The Morgan fingerprint density at radius 3 is 2.56 bits per heavy atom. The quantitative estimate of drug-likeness (QED) is 0.582. The molecule has 0 fully saturated rings. The molecular weight excluding hydrogens is 382 g/mol. The first-order valence-electron chi connectivity index (χ1n) is 8.26. The summed E-state index contributed by atoms with van der Waals surface area (Å²) in [5.74, 6) is -0.258. The standard InChI is InChI=1S/C19H22BrN3O2/c1-2-3-10-21-19(25)14-6-4-8-16(11-14)22-13-18(24)23-17-9-5-7-15(20)12-17/h4-9,11-12,22H,2-3,10,13H2,1H3,(H,21,25)(H,23,24). The molecular formula is C19H22BrN3O2. The number of unbranched alkanes of at least 4 members (excludes halogenated alkanes) is 1. The van der Waals surface area contributed by atoms with E-state index in [1.807, 2.05) is 30.3 Å². The van der Waals surface area contributed by atoms with Gasteiger partial charge in [-0.1, -0.05) is 41.4 Å². The number of rotatable bonds is 8. The van der Waals surface area contributed by atoms with Crippen LogP contribution in [0.2, 0.25) is 0 Å². The van der Waals surface area contributed by atoms with Gasteiger partial charge in [0.1, 0.15) is 0 Å². The second-order valence-electron chi connectivity index (χ2n) is 5.60. The van der Waals surface area contributed by atoms with Crippen molar-refractivity contribution < 1.29 is 9.59 Å². The van der Waals surface area contributed by atoms with Crippen LogP contribution in [-0.4, -0.2) is 24.9 Å². The average molecular weight is 404 g/mol. The Labute approximate surface area is 156 Å². The number of halogens is 1. The first kappa shape index (κ1) is 19.0. The van der Waals surface area contributed by atoms with Crippen LogP contribution < -0.4 is 16.0 Å². The van der Waals surface area contributed by atoms with E-state index in [2.05, 4.69) is 38.8 Å². The Morgan fingerprint density at radius 1 is 1.04 bits per heavy atom. The third kappa shape index (κ3) is 6.58. The zero-order chi connectivity index (χ0) is 18.1. The van der Waals surface area contributed by atoms with Gasteiger partial charge in [0.2, 0.25) is 5.91 Å². The molecule has 0 unspecified atom stereocenters. The van der Waals surface area contributed by atoms with Crippen molar-refractivity contribution in [3.05, 3.63) is 58.6 Å². The maximum atomic E-state index is 12.1. The van der Waals surface area contributed by atoms with Crippen LogP contribution in [0.3, 0.4) is 0 Å². The molecule has 0 aliphatic heterocycles. The number of anilines is 2. The van der Waals surface area contributed by atoms with Gasteiger partial charge >= 0.3 is 0 Å². The summed E-state index contributed by atoms with van der Waals surface area (Å²) in [7, 11) is 0. The van der Waals surface area contributed by atoms with Gasteiger partial charge in [-0.2, -0.15) is 0 Å². The van der Waals surface area contributed by atoms with Crippen molar-refractivity contribution in [2.75, 3.05) is 23.7 Å². The minimum absolute atomic E-state index is 0.101. The van der Waals surface area contributed by atoms with E-state index in [1.165, 1.54) is 0 Å². The van der Waals surface area contributed by atoms with Gasteiger partial charge in [-0.05, 0) is 42.8 Å². The van der Waals surface area contributed by atoms with Gasteiger partial charge in [-0.15, -0.1) is 0 Å². The molecule has 0 aromatic heterocycles. The number of hydrogen-bond acceptors (Lipinski definition) is 3. The SMILES string of the molecule is CCCCNC(=O)c1cccc(NCC(=O)Nc2cccc(Br)c2)c1. The second kappa shape index (κ2) is 9.84. The first-order valence-corrected chi connectivity index (χ1v) is 9.05. The molecule has 3 N–H and O–H groups in total. The molecule has 0 bridgehead atoms. The molecule has 132 valence electrons. The van der Waals surface area contributed by atoms with Gasteiger partial charge in [-0.25, -0.2) is 0 Å². The van der Waals surface area contributed by atoms with E-state index in [0.29, 0.717) is 12.1 Å². The fraction of sp³-hybridized carbons (Fsp3) is 0.263. The van der Waals surface area contributed by atoms with Gasteiger partial charge in [0.05, 0.1) is 6.54 Å². The molecule has 5 nitrogen and oxygen atoms in total. The lowest BCUT2D eigenvalue weighted by atomic mass is 10.2. The van der Waals surface area contributed by atoms with Gasteiger partial charge in [0.15, 0.2) is 0 Å². The molecule has 0 atom stereocenters. The summed E-state index contributed by atoms with van der Waals surface area (Å²) in [6.07, 6.45) is 1.99. The van der Waals surface area contributed by atoms with Gasteiger partial charge in [0, 0.05) is 28.0 Å². The van der Waals surface area contributed by atoms with E-state index >= 15 is 0 Å². The van der Waals surface area contributed by atoms with E-state index in [1.54, 1.807) is 18.2 Å². The number of benzene rings is 2. The van der Waals surface area contributed by atoms with Crippen LogP contribution in [0.1, 0.15) is 30.1 Å². The Bertz CT molecular complexity index is 734. The zero-order valence-corrected chi connectivity index (χ0v) is 15.7. The molecule has 2 aromatic carbocycles. The van der Waals surface area contributed by atoms with Crippen LogP contribution in [-0.2, 0) is 4.79 Å². The third-order valence-corrected chi connectivity index (χ3v) is 4.00. The minimum atomic E-state index is -0.157. The Morgan fingerprint density at radius 2 is 1.80 bits per heavy atom. The predicted molar refractivity (Wildman–Crippen MR) is 105 cm³/mol. The Hall–Kier alpha value is -2.34. The van der Waals surface area contributed by atoms with Crippen molar-refractivity contribution in [3.8, 4) is 0 Å². The lowest BCUT2D eigenvalue weighted by Gasteiger charge is -2.10. The van der Waals surface area contributed by atoms with Crippen LogP contribution in [0.5, 0.6) is 0 Å². The summed E-state index contributed by atoms with van der Waals surface area (Å²) in [5, 5.41) is 8.73. The first-order chi connectivity index (χ1) is 12.1. The normalized spacial score (nSPS) is 10.2. The molecule has 0 heterocycles. The number of nitrogens with one attached hydrogen (secondary N) is 3. The molecule has 0 aliphatic carbocycles. The largest absolute Gasteiger partial charge is 0.376 e. The van der Waals surface area contributed by atoms with Crippen molar-refractivity contribution in [2.45, 2.75) is 19.8 Å². The molecule has 0 aliphatic rings. The molecule has 2 rings (SSSR count). The maximum absolute atomic E-state index is 12.1. The molecule has 6 heteroatoms. The second-order valence-corrected chi connectivity index (χ2v) is 6.52. The molecule has 0 spiro atoms. The third-order valence-electron chi connectivity index (χ3n) is 3.50. The van der Waals surface area contributed by atoms with Gasteiger partial charge in [-0.3, -0.25) is 9.59 Å². The van der Waals surface area contributed by atoms with Gasteiger partial charge in [0.25, 0.3) is 5.91 Å². The van der Waals surface area contributed by atoms with E-state index in [4.69, 9.17) is 0 Å². The topological polar surface area (TPSA) is 70.2 Å². The average Bonchev–Trinajstić information content (AvgIpc) is 2.60. The zero-order valence-electron chi connectivity index (χ0n) is 14.1. The Balaban J connectivity index is 1.87. The predicted octanol–water partition coefficient (Wildman–Crippen LogP) is 4.03. The fourth-order valence-corrected chi connectivity index (χ4v) is 2.60. The van der Waals surface area contributed by atoms with E-state index in [0.717, 1.165) is 28.7 Å². The van der Waals surface area contributed by atoms with Crippen LogP contribution in [0.25, 0.3) is 0 Å². The lowest BCUT2D eigenvalue weighted by molar-refractivity contribution is -0.114. The molecule has 0 radical (unpaired) electrons. The van der Waals surface area contributed by atoms with Crippen LogP contribution in [0.4, 0.5) is 11.4 Å². The molecule has 25 heavy (non-hydrogen) atoms. The lowest BCUT2D eigenvalue weighted by Crippen LogP contribution is -2.25. The highest BCUT2D eigenvalue weighted by Crippen LogP contribution is 2.15. The maximum Gasteiger partial charge on any atom is 0.251 e. The van der Waals surface area contributed by atoms with Crippen molar-refractivity contribution in [1.82, 2.24) is 5.32 Å². The van der Waals surface area contributed by atoms with E-state index < -0.39 is 0 Å². The van der Waals surface area contributed by atoms with E-state index in [9.17, 15) is 9.59 Å². The van der Waals surface area contributed by atoms with Crippen LogP contribution in [0.15, 0.2) is 53.0 Å². The van der Waals surface area contributed by atoms with Crippen molar-refractivity contribution >= 4 is 39.1 Å². The summed E-state index contributed by atoms with van der Waals surface area (Å²) < 4.78 is 0.903. The van der Waals surface area contributed by atoms with Crippen molar-refractivity contribution in [3.63, 3.8) is 0 Å². The molecule has 2 aromatic rings. The van der Waals surface area contributed by atoms with Gasteiger partial charge < -0.3 is 16.0 Å². The van der Waals surface area contributed by atoms with Crippen molar-refractivity contribution in [2.24, 2.45) is 0 Å². The number of amides is 2. The van der Waals surface area contributed by atoms with E-state index in [-0.39, 0.29) is 18.4 Å². The van der Waals surface area contributed by atoms with Crippen molar-refractivity contribution in [1.29, 1.82) is 0 Å². The summed E-state index contributed by atoms with van der Waals surface area (Å²) in [5.41, 5.74) is 2.03. The number of carbonyl (C=O) groups excluding carboxylic acids is 2. The number of hydrogen-bond donors (Lipinski definition) is 3. The summed E-state index contributed by atoms with van der Waals surface area (Å²) in [6, 6.07) is 14.5. The minimum Gasteiger partial charge on any atom is -0.376 e. The van der Waals surface area contributed by atoms with Crippen LogP contribution in [0, 0.1) is 0 Å². The highest BCUT2D eigenvalue weighted by Gasteiger charge is 2.07. The monoisotopic (exact) mass is 403 g/mol. The smallest absolute Gasteiger partial charge is 0.251 e. The molecule has 0 saturated heterocycles. The highest BCUT2D eigenvalue weighted by atomic mass is 79.9. The highest BCUT2D eigenvalue weighted by molar-refractivity contribution is 9.10. The number of carbonyl (C=O) groups is 2. The summed E-state index contributed by atoms with van der Waals surface area (Å²) in [4.78, 5) is 24.1. The Kier molecular flexibility index (Phi) is 7.47. The fourth-order valence-electron chi connectivity index (χ4n) is 2.20. The molecule has 0 saturated carbocycles.